The molecule has 142 valence electrons. The quantitative estimate of drug-likeness (QED) is 0.251. The number of benzene rings is 1. The zero-order valence-corrected chi connectivity index (χ0v) is 17.1. The van der Waals surface area contributed by atoms with Gasteiger partial charge in [-0.15, -0.1) is 21.9 Å². The fourth-order valence-electron chi connectivity index (χ4n) is 2.03. The number of unbranched alkanes of at least 4 members (excludes halogenated alkanes) is 1. The van der Waals surface area contributed by atoms with Crippen LogP contribution in [0.5, 0.6) is 0 Å². The van der Waals surface area contributed by atoms with Gasteiger partial charge in [0.2, 0.25) is 0 Å². The first kappa shape index (κ1) is 22.7. The normalized spacial score (nSPS) is 12.6. The van der Waals surface area contributed by atoms with E-state index in [0.29, 0.717) is 0 Å². The molecule has 0 radical (unpaired) electrons. The first-order valence-corrected chi connectivity index (χ1v) is 9.85. The van der Waals surface area contributed by atoms with Crippen molar-refractivity contribution in [2.45, 2.75) is 36.9 Å². The average Bonchev–Trinajstić information content (AvgIpc) is 3.12. The Hall–Kier alpha value is -1.35. The van der Waals surface area contributed by atoms with Crippen LogP contribution in [-0.2, 0) is 0 Å². The van der Waals surface area contributed by atoms with Crippen molar-refractivity contribution in [2.75, 3.05) is 0 Å². The summed E-state index contributed by atoms with van der Waals surface area (Å²) >= 11 is 19.8. The molecule has 0 aliphatic heterocycles. The molecule has 0 saturated carbocycles. The monoisotopic (exact) mass is 435 g/mol. The average molecular weight is 436 g/mol. The SMILES string of the molecule is CCCCC(=S)SC(c1ccc(Cl)cc1)C(Cl)n1ccnc1.O=[N+]([O-])O. The molecule has 1 aromatic carbocycles. The molecule has 1 heterocycles. The highest BCUT2D eigenvalue weighted by Crippen LogP contribution is 2.42. The van der Waals surface area contributed by atoms with Gasteiger partial charge in [-0.1, -0.05) is 60.9 Å². The molecular formula is C16H19Cl2N3O3S2. The standard InChI is InChI=1S/C16H18Cl2N2S2.HNO3/c1-2-3-4-14(21)22-15(12-5-7-13(17)8-6-12)16(18)20-10-9-19-11-20;2-1(3)4/h5-11,15-16H,2-4H2,1H3;(H,2,3,4). The first-order valence-electron chi connectivity index (χ1n) is 7.74. The van der Waals surface area contributed by atoms with Crippen molar-refractivity contribution in [3.05, 3.63) is 63.7 Å². The highest BCUT2D eigenvalue weighted by molar-refractivity contribution is 8.23. The van der Waals surface area contributed by atoms with Crippen LogP contribution < -0.4 is 0 Å². The Morgan fingerprint density at radius 1 is 1.46 bits per heavy atom. The predicted octanol–water partition coefficient (Wildman–Crippen LogP) is 5.92. The Morgan fingerprint density at radius 2 is 2.08 bits per heavy atom. The number of imidazole rings is 1. The summed E-state index contributed by atoms with van der Waals surface area (Å²) < 4.78 is 2.89. The topological polar surface area (TPSA) is 81.2 Å². The van der Waals surface area contributed by atoms with Crippen molar-refractivity contribution in [1.29, 1.82) is 0 Å². The molecule has 10 heteroatoms. The molecular weight excluding hydrogens is 417 g/mol. The molecule has 0 bridgehead atoms. The number of hydrogen-bond donors (Lipinski definition) is 1. The molecule has 6 nitrogen and oxygen atoms in total. The summed E-state index contributed by atoms with van der Waals surface area (Å²) in [6, 6.07) is 7.79. The maximum atomic E-state index is 8.36. The zero-order valence-electron chi connectivity index (χ0n) is 14.0. The van der Waals surface area contributed by atoms with E-state index in [1.165, 1.54) is 0 Å². The molecule has 0 saturated heterocycles. The van der Waals surface area contributed by atoms with Gasteiger partial charge in [0.25, 0.3) is 5.09 Å². The number of aromatic nitrogens is 2. The van der Waals surface area contributed by atoms with E-state index in [-0.39, 0.29) is 10.8 Å². The Labute approximate surface area is 171 Å². The second-order valence-corrected chi connectivity index (χ2v) is 8.06. The van der Waals surface area contributed by atoms with Gasteiger partial charge in [-0.3, -0.25) is 0 Å². The van der Waals surface area contributed by atoms with Gasteiger partial charge in [0.1, 0.15) is 5.50 Å². The fourth-order valence-corrected chi connectivity index (χ4v) is 4.12. The number of thioether (sulfide) groups is 1. The summed E-state index contributed by atoms with van der Waals surface area (Å²) in [6.45, 7) is 2.17. The zero-order chi connectivity index (χ0) is 19.5. The Balaban J connectivity index is 0.000000765. The van der Waals surface area contributed by atoms with E-state index in [1.54, 1.807) is 24.3 Å². The molecule has 2 aromatic rings. The molecule has 2 atom stereocenters. The number of hydrogen-bond acceptors (Lipinski definition) is 5. The minimum absolute atomic E-state index is 0.0255. The van der Waals surface area contributed by atoms with Crippen molar-refractivity contribution in [1.82, 2.24) is 9.55 Å². The van der Waals surface area contributed by atoms with Crippen molar-refractivity contribution in [2.24, 2.45) is 0 Å². The van der Waals surface area contributed by atoms with Crippen LogP contribution in [0.4, 0.5) is 0 Å². The van der Waals surface area contributed by atoms with Crippen molar-refractivity contribution in [3.63, 3.8) is 0 Å². The van der Waals surface area contributed by atoms with Crippen molar-refractivity contribution in [3.8, 4) is 0 Å². The third kappa shape index (κ3) is 8.35. The molecule has 26 heavy (non-hydrogen) atoms. The predicted molar refractivity (Wildman–Crippen MR) is 110 cm³/mol. The second kappa shape index (κ2) is 12.1. The summed E-state index contributed by atoms with van der Waals surface area (Å²) in [4.78, 5) is 12.4. The van der Waals surface area contributed by atoms with E-state index in [0.717, 1.165) is 34.0 Å². The molecule has 0 fully saturated rings. The van der Waals surface area contributed by atoms with Gasteiger partial charge in [0.05, 0.1) is 11.6 Å². The minimum atomic E-state index is -1.50. The Morgan fingerprint density at radius 3 is 2.58 bits per heavy atom. The molecule has 1 aromatic heterocycles. The fraction of sp³-hybridized carbons (Fsp3) is 0.375. The molecule has 0 amide bonds. The third-order valence-electron chi connectivity index (χ3n) is 3.25. The summed E-state index contributed by atoms with van der Waals surface area (Å²) in [5, 5.41) is 14.4. The van der Waals surface area contributed by atoms with Gasteiger partial charge in [-0.25, -0.2) is 4.98 Å². The van der Waals surface area contributed by atoms with E-state index in [4.69, 9.17) is 50.7 Å². The van der Waals surface area contributed by atoms with Crippen LogP contribution >= 0.6 is 47.2 Å². The molecule has 1 N–H and O–H groups in total. The van der Waals surface area contributed by atoms with E-state index in [1.807, 2.05) is 35.0 Å². The molecule has 0 aliphatic carbocycles. The summed E-state index contributed by atoms with van der Waals surface area (Å²) in [7, 11) is 0. The second-order valence-electron chi connectivity index (χ2n) is 5.19. The maximum Gasteiger partial charge on any atom is 0.291 e. The number of nitrogens with zero attached hydrogens (tertiary/aromatic N) is 3. The third-order valence-corrected chi connectivity index (χ3v) is 5.87. The lowest BCUT2D eigenvalue weighted by Gasteiger charge is -2.23. The smallest absolute Gasteiger partial charge is 0.291 e. The number of halogens is 2. The van der Waals surface area contributed by atoms with Gasteiger partial charge in [0, 0.05) is 21.6 Å². The summed E-state index contributed by atoms with van der Waals surface area (Å²) in [5.74, 6) is 0. The Kier molecular flexibility index (Phi) is 10.6. The largest absolute Gasteiger partial charge is 0.328 e. The van der Waals surface area contributed by atoms with Gasteiger partial charge in [-0.2, -0.15) is 0 Å². The minimum Gasteiger partial charge on any atom is -0.328 e. The van der Waals surface area contributed by atoms with Gasteiger partial charge in [0.15, 0.2) is 0 Å². The summed E-state index contributed by atoms with van der Waals surface area (Å²) in [6.07, 6.45) is 8.52. The lowest BCUT2D eigenvalue weighted by atomic mass is 10.1. The molecule has 2 unspecified atom stereocenters. The number of alkyl halides is 1. The van der Waals surface area contributed by atoms with Gasteiger partial charge >= 0.3 is 0 Å². The van der Waals surface area contributed by atoms with Crippen molar-refractivity contribution >= 4 is 51.4 Å². The van der Waals surface area contributed by atoms with E-state index < -0.39 is 5.09 Å². The lowest BCUT2D eigenvalue weighted by Crippen LogP contribution is -2.11. The lowest BCUT2D eigenvalue weighted by molar-refractivity contribution is -0.742. The summed E-state index contributed by atoms with van der Waals surface area (Å²) in [5.41, 5.74) is 0.857. The van der Waals surface area contributed by atoms with Crippen LogP contribution in [0.3, 0.4) is 0 Å². The van der Waals surface area contributed by atoms with Crippen LogP contribution in [0.2, 0.25) is 5.02 Å². The van der Waals surface area contributed by atoms with Gasteiger partial charge < -0.3 is 9.77 Å². The number of rotatable bonds is 7. The van der Waals surface area contributed by atoms with Crippen LogP contribution in [0, 0.1) is 10.1 Å². The Bertz CT molecular complexity index is 681. The number of thiocarbonyl (C=S) groups is 1. The molecule has 0 aliphatic rings. The van der Waals surface area contributed by atoms with E-state index >= 15 is 0 Å². The highest BCUT2D eigenvalue weighted by atomic mass is 35.5. The van der Waals surface area contributed by atoms with Crippen LogP contribution in [0.1, 0.15) is 42.5 Å². The van der Waals surface area contributed by atoms with Crippen molar-refractivity contribution < 1.29 is 10.3 Å². The van der Waals surface area contributed by atoms with E-state index in [9.17, 15) is 0 Å². The van der Waals surface area contributed by atoms with Crippen LogP contribution in [0.25, 0.3) is 0 Å². The van der Waals surface area contributed by atoms with Crippen LogP contribution in [0.15, 0.2) is 43.0 Å². The van der Waals surface area contributed by atoms with Crippen LogP contribution in [-0.4, -0.2) is 24.0 Å². The highest BCUT2D eigenvalue weighted by Gasteiger charge is 2.24. The van der Waals surface area contributed by atoms with E-state index in [2.05, 4.69) is 11.9 Å². The first-order chi connectivity index (χ1) is 12.3. The molecule has 0 spiro atoms. The maximum absolute atomic E-state index is 8.36. The molecule has 2 rings (SSSR count). The van der Waals surface area contributed by atoms with Gasteiger partial charge in [-0.05, 0) is 30.5 Å².